The molecular weight excluding hydrogens is 523 g/mol. The largest absolute Gasteiger partial charge is 0.465 e. The fraction of sp³-hybridized carbons (Fsp3) is 0.333. The molecule has 0 saturated carbocycles. The summed E-state index contributed by atoms with van der Waals surface area (Å²) in [6, 6.07) is 21.4. The predicted octanol–water partition coefficient (Wildman–Crippen LogP) is 7.19. The molecule has 200 valence electrons. The number of carbonyl (C=O) groups excluding carboxylic acids is 1. The van der Waals surface area contributed by atoms with Crippen molar-refractivity contribution in [3.63, 3.8) is 0 Å². The minimum absolute atomic E-state index is 0.164. The summed E-state index contributed by atoms with van der Waals surface area (Å²) in [6.07, 6.45) is -2.83. The molecule has 2 aromatic carbocycles. The van der Waals surface area contributed by atoms with Gasteiger partial charge in [-0.05, 0) is 54.2 Å². The summed E-state index contributed by atoms with van der Waals surface area (Å²) in [5, 5.41) is 21.8. The van der Waals surface area contributed by atoms with Crippen LogP contribution in [0.4, 0.5) is 4.79 Å². The van der Waals surface area contributed by atoms with Crippen LogP contribution in [0.25, 0.3) is 11.1 Å². The molecule has 0 spiro atoms. The Labute approximate surface area is 233 Å². The van der Waals surface area contributed by atoms with Crippen LogP contribution in [-0.2, 0) is 10.5 Å². The Kier molecular flexibility index (Phi) is 7.65. The molecule has 0 radical (unpaired) electrons. The Balaban J connectivity index is 0.000000483. The molecule has 8 heteroatoms. The number of benzene rings is 3. The quantitative estimate of drug-likeness (QED) is 0.279. The van der Waals surface area contributed by atoms with Crippen molar-refractivity contribution in [1.82, 2.24) is 9.80 Å². The van der Waals surface area contributed by atoms with Crippen molar-refractivity contribution in [3.05, 3.63) is 94.0 Å². The second-order valence-corrected chi connectivity index (χ2v) is 11.6. The summed E-state index contributed by atoms with van der Waals surface area (Å²) in [4.78, 5) is 28.8. The molecule has 1 fully saturated rings. The molecule has 6 nitrogen and oxygen atoms in total. The maximum Gasteiger partial charge on any atom is 0.416 e. The van der Waals surface area contributed by atoms with Gasteiger partial charge in [-0.1, -0.05) is 98.6 Å². The lowest BCUT2D eigenvalue weighted by molar-refractivity contribution is -0.135. The molecule has 0 bridgehead atoms. The lowest BCUT2D eigenvalue weighted by Gasteiger charge is -2.49. The number of hydrogen-bond donors (Lipinski definition) is 2. The summed E-state index contributed by atoms with van der Waals surface area (Å²) >= 11 is 13.2. The molecule has 3 aliphatic rings. The van der Waals surface area contributed by atoms with Gasteiger partial charge in [0.25, 0.3) is 5.91 Å². The molecule has 1 unspecified atom stereocenters. The SMILES string of the molecule is CC(c1ccccc1)N1[C@@H](C(C)(C)C)C(=O)N(C(=O)O)[C@]1(c1c(Cl)cccc1Cl)[C@@H](C)O.c1cc2cc-2c1. The van der Waals surface area contributed by atoms with E-state index in [0.717, 1.165) is 5.56 Å². The van der Waals surface area contributed by atoms with Gasteiger partial charge in [-0.3, -0.25) is 9.69 Å². The van der Waals surface area contributed by atoms with E-state index < -0.39 is 41.3 Å². The monoisotopic (exact) mass is 554 g/mol. The average molecular weight is 556 g/mol. The lowest BCUT2D eigenvalue weighted by Crippen LogP contribution is -2.61. The third-order valence-corrected chi connectivity index (χ3v) is 7.83. The van der Waals surface area contributed by atoms with Crippen LogP contribution < -0.4 is 0 Å². The molecular formula is C30H32Cl2N2O4. The van der Waals surface area contributed by atoms with Gasteiger partial charge in [-0.2, -0.15) is 0 Å². The molecule has 2 N–H and O–H groups in total. The maximum atomic E-state index is 13.8. The lowest BCUT2D eigenvalue weighted by atomic mass is 9.82. The highest BCUT2D eigenvalue weighted by Crippen LogP contribution is 2.54. The number of amides is 2. The van der Waals surface area contributed by atoms with E-state index in [4.69, 9.17) is 23.2 Å². The van der Waals surface area contributed by atoms with Crippen LogP contribution in [0.3, 0.4) is 0 Å². The predicted molar refractivity (Wildman–Crippen MR) is 150 cm³/mol. The van der Waals surface area contributed by atoms with Gasteiger partial charge in [0.2, 0.25) is 0 Å². The van der Waals surface area contributed by atoms with E-state index in [0.29, 0.717) is 4.90 Å². The van der Waals surface area contributed by atoms with Crippen molar-refractivity contribution in [2.75, 3.05) is 0 Å². The Morgan fingerprint density at radius 2 is 1.45 bits per heavy atom. The highest BCUT2D eigenvalue weighted by atomic mass is 35.5. The molecule has 1 aliphatic heterocycles. The zero-order chi connectivity index (χ0) is 28.0. The van der Waals surface area contributed by atoms with E-state index in [9.17, 15) is 19.8 Å². The van der Waals surface area contributed by atoms with Crippen LogP contribution in [0.5, 0.6) is 0 Å². The molecule has 2 aromatic rings. The van der Waals surface area contributed by atoms with Gasteiger partial charge in [0, 0.05) is 21.7 Å². The van der Waals surface area contributed by atoms with Crippen molar-refractivity contribution < 1.29 is 19.8 Å². The van der Waals surface area contributed by atoms with E-state index in [1.165, 1.54) is 18.1 Å². The first-order valence-corrected chi connectivity index (χ1v) is 13.2. The number of aliphatic hydroxyl groups excluding tert-OH is 1. The molecule has 2 aliphatic carbocycles. The fourth-order valence-electron chi connectivity index (χ4n) is 5.54. The van der Waals surface area contributed by atoms with Crippen molar-refractivity contribution >= 4 is 35.2 Å². The Bertz CT molecular complexity index is 1320. The topological polar surface area (TPSA) is 81.1 Å². The smallest absolute Gasteiger partial charge is 0.416 e. The number of hydrogen-bond acceptors (Lipinski definition) is 4. The number of imide groups is 1. The second kappa shape index (κ2) is 10.3. The first-order chi connectivity index (χ1) is 17.8. The molecule has 5 rings (SSSR count). The van der Waals surface area contributed by atoms with E-state index >= 15 is 0 Å². The molecule has 38 heavy (non-hydrogen) atoms. The van der Waals surface area contributed by atoms with E-state index in [1.54, 1.807) is 23.1 Å². The minimum atomic E-state index is -1.84. The number of nitrogens with zero attached hydrogens (tertiary/aromatic N) is 2. The van der Waals surface area contributed by atoms with Gasteiger partial charge in [0.15, 0.2) is 5.66 Å². The Hall–Kier alpha value is -2.90. The van der Waals surface area contributed by atoms with E-state index in [1.807, 2.05) is 58.0 Å². The summed E-state index contributed by atoms with van der Waals surface area (Å²) in [5.41, 5.74) is 1.38. The third kappa shape index (κ3) is 4.71. The summed E-state index contributed by atoms with van der Waals surface area (Å²) < 4.78 is 0. The van der Waals surface area contributed by atoms with Crippen molar-refractivity contribution in [3.8, 4) is 11.1 Å². The van der Waals surface area contributed by atoms with Crippen LogP contribution in [0.1, 0.15) is 51.8 Å². The summed E-state index contributed by atoms with van der Waals surface area (Å²) in [6.45, 7) is 8.94. The van der Waals surface area contributed by atoms with Crippen LogP contribution in [0, 0.1) is 5.41 Å². The Morgan fingerprint density at radius 1 is 0.921 bits per heavy atom. The number of aliphatic hydroxyl groups is 1. The van der Waals surface area contributed by atoms with Crippen molar-refractivity contribution in [2.24, 2.45) is 5.41 Å². The van der Waals surface area contributed by atoms with Gasteiger partial charge < -0.3 is 10.2 Å². The zero-order valence-corrected chi connectivity index (χ0v) is 23.5. The van der Waals surface area contributed by atoms with Gasteiger partial charge in [-0.25, -0.2) is 9.69 Å². The normalized spacial score (nSPS) is 21.9. The van der Waals surface area contributed by atoms with Crippen LogP contribution >= 0.6 is 23.2 Å². The maximum absolute atomic E-state index is 13.8. The molecule has 2 amide bonds. The summed E-state index contributed by atoms with van der Waals surface area (Å²) in [7, 11) is 0. The van der Waals surface area contributed by atoms with Gasteiger partial charge in [0.1, 0.15) is 0 Å². The number of carbonyl (C=O) groups is 2. The van der Waals surface area contributed by atoms with Crippen LogP contribution in [-0.4, -0.2) is 44.2 Å². The molecule has 1 saturated heterocycles. The number of halogens is 2. The Morgan fingerprint density at radius 3 is 1.84 bits per heavy atom. The molecule has 0 aromatic heterocycles. The van der Waals surface area contributed by atoms with Gasteiger partial charge >= 0.3 is 6.09 Å². The minimum Gasteiger partial charge on any atom is -0.465 e. The highest BCUT2D eigenvalue weighted by Gasteiger charge is 2.67. The van der Waals surface area contributed by atoms with E-state index in [-0.39, 0.29) is 15.6 Å². The second-order valence-electron chi connectivity index (χ2n) is 10.8. The number of fused-ring (bicyclic) bond motifs is 1. The molecule has 4 atom stereocenters. The fourth-order valence-corrected chi connectivity index (χ4v) is 6.21. The van der Waals surface area contributed by atoms with Gasteiger partial charge in [0.05, 0.1) is 12.1 Å². The van der Waals surface area contributed by atoms with Crippen LogP contribution in [0.2, 0.25) is 10.0 Å². The summed E-state index contributed by atoms with van der Waals surface area (Å²) in [5.74, 6) is -0.635. The average Bonchev–Trinajstić information content (AvgIpc) is 3.31. The first-order valence-electron chi connectivity index (χ1n) is 12.5. The van der Waals surface area contributed by atoms with Crippen LogP contribution in [0.15, 0.2) is 72.8 Å². The molecule has 1 heterocycles. The standard InChI is InChI=1S/C24H28Cl2N2O4.C6H4/c1-14(16-10-7-6-8-11-16)27-20(23(3,4)5)21(30)28(22(31)32)24(27,15(2)29)19-17(25)12-9-13-18(19)26;1-2-5-4-6(5)3-1/h6-15,20,29H,1-5H3,(H,31,32);1-4H/t14?,15-,20-,24+;/m1./s1. The van der Waals surface area contributed by atoms with Gasteiger partial charge in [-0.15, -0.1) is 0 Å². The van der Waals surface area contributed by atoms with Crippen molar-refractivity contribution in [1.29, 1.82) is 0 Å². The van der Waals surface area contributed by atoms with E-state index in [2.05, 4.69) is 24.3 Å². The van der Waals surface area contributed by atoms with Crippen molar-refractivity contribution in [2.45, 2.75) is 58.5 Å². The third-order valence-electron chi connectivity index (χ3n) is 7.20. The number of carboxylic acid groups (broad SMARTS) is 1. The highest BCUT2D eigenvalue weighted by molar-refractivity contribution is 6.36. The first kappa shape index (κ1) is 28.1. The number of rotatable bonds is 4. The zero-order valence-electron chi connectivity index (χ0n) is 22.0.